The zero-order valence-corrected chi connectivity index (χ0v) is 12.8. The number of carbonyl (C=O) groups excluding carboxylic acids is 1. The molecule has 1 aromatic carbocycles. The smallest absolute Gasteiger partial charge is 0.238 e. The van der Waals surface area contributed by atoms with Crippen LogP contribution in [-0.2, 0) is 10.5 Å². The summed E-state index contributed by atoms with van der Waals surface area (Å²) in [5.74, 6) is 2.82. The minimum Gasteiger partial charge on any atom is -0.338 e. The van der Waals surface area contributed by atoms with Gasteiger partial charge in [0.2, 0.25) is 5.89 Å². The van der Waals surface area contributed by atoms with Crippen molar-refractivity contribution in [3.8, 4) is 0 Å². The molecule has 1 aliphatic heterocycles. The maximum Gasteiger partial charge on any atom is 0.238 e. The molecule has 1 unspecified atom stereocenters. The van der Waals surface area contributed by atoms with Crippen molar-refractivity contribution in [2.75, 3.05) is 11.5 Å². The topological polar surface area (TPSA) is 56.0 Å². The van der Waals surface area contributed by atoms with Crippen molar-refractivity contribution in [3.63, 3.8) is 0 Å². The first-order chi connectivity index (χ1) is 9.74. The summed E-state index contributed by atoms with van der Waals surface area (Å²) in [5.41, 5.74) is 0. The Hall–Kier alpha value is -0.980. The van der Waals surface area contributed by atoms with Gasteiger partial charge in [-0.25, -0.2) is 0 Å². The molecule has 0 N–H and O–H groups in total. The molecule has 2 aromatic rings. The van der Waals surface area contributed by atoms with E-state index >= 15 is 0 Å². The second kappa shape index (κ2) is 6.20. The van der Waals surface area contributed by atoms with E-state index in [0.29, 0.717) is 28.2 Å². The quantitative estimate of drug-likeness (QED) is 0.802. The van der Waals surface area contributed by atoms with Crippen LogP contribution in [0.3, 0.4) is 0 Å². The fourth-order valence-corrected chi connectivity index (χ4v) is 4.02. The number of aromatic nitrogens is 2. The van der Waals surface area contributed by atoms with Crippen molar-refractivity contribution in [2.45, 2.75) is 16.6 Å². The molecule has 20 heavy (non-hydrogen) atoms. The number of ketones is 1. The molecule has 7 heteroatoms. The number of benzene rings is 1. The monoisotopic (exact) mass is 326 g/mol. The van der Waals surface area contributed by atoms with Gasteiger partial charge in [0.25, 0.3) is 0 Å². The first-order valence-corrected chi connectivity index (χ1v) is 8.56. The highest BCUT2D eigenvalue weighted by Crippen LogP contribution is 2.31. The Morgan fingerprint density at radius 1 is 1.45 bits per heavy atom. The van der Waals surface area contributed by atoms with E-state index in [1.807, 2.05) is 24.3 Å². The second-order valence-electron chi connectivity index (χ2n) is 4.30. The van der Waals surface area contributed by atoms with Gasteiger partial charge in [-0.15, -0.1) is 11.8 Å². The highest BCUT2D eigenvalue weighted by atomic mass is 35.5. The van der Waals surface area contributed by atoms with Crippen LogP contribution in [0.1, 0.15) is 17.6 Å². The first-order valence-electron chi connectivity index (χ1n) is 6.04. The molecular formula is C13H11ClN2O2S2. The van der Waals surface area contributed by atoms with Crippen molar-refractivity contribution >= 4 is 40.9 Å². The van der Waals surface area contributed by atoms with Crippen molar-refractivity contribution in [2.24, 2.45) is 0 Å². The number of thioether (sulfide) groups is 2. The van der Waals surface area contributed by atoms with Gasteiger partial charge >= 0.3 is 0 Å². The number of Topliss-reactive ketones (excluding diaryl/α,β-unsaturated/α-hetero) is 1. The van der Waals surface area contributed by atoms with E-state index in [2.05, 4.69) is 10.1 Å². The third kappa shape index (κ3) is 3.02. The van der Waals surface area contributed by atoms with Gasteiger partial charge in [-0.3, -0.25) is 4.79 Å². The van der Waals surface area contributed by atoms with Gasteiger partial charge in [0.1, 0.15) is 5.92 Å². The van der Waals surface area contributed by atoms with Crippen LogP contribution in [0.2, 0.25) is 5.02 Å². The number of hydrogen-bond acceptors (Lipinski definition) is 6. The van der Waals surface area contributed by atoms with Gasteiger partial charge in [0, 0.05) is 10.6 Å². The van der Waals surface area contributed by atoms with Gasteiger partial charge in [-0.1, -0.05) is 28.9 Å². The second-order valence-corrected chi connectivity index (χ2v) is 6.76. The molecule has 0 aliphatic carbocycles. The van der Waals surface area contributed by atoms with Gasteiger partial charge in [-0.2, -0.15) is 16.7 Å². The van der Waals surface area contributed by atoms with E-state index in [1.165, 1.54) is 0 Å². The van der Waals surface area contributed by atoms with Crippen molar-refractivity contribution < 1.29 is 9.32 Å². The summed E-state index contributed by atoms with van der Waals surface area (Å²) in [6, 6.07) is 7.62. The van der Waals surface area contributed by atoms with Crippen LogP contribution in [0.25, 0.3) is 0 Å². The molecule has 4 nitrogen and oxygen atoms in total. The molecule has 1 aromatic heterocycles. The fraction of sp³-hybridized carbons (Fsp3) is 0.308. The molecule has 0 saturated carbocycles. The molecule has 2 heterocycles. The van der Waals surface area contributed by atoms with E-state index in [9.17, 15) is 4.79 Å². The van der Waals surface area contributed by atoms with Crippen molar-refractivity contribution in [1.82, 2.24) is 10.1 Å². The lowest BCUT2D eigenvalue weighted by Gasteiger charge is -2.00. The van der Waals surface area contributed by atoms with Crippen LogP contribution < -0.4 is 0 Å². The van der Waals surface area contributed by atoms with Crippen LogP contribution in [0.5, 0.6) is 0 Å². The van der Waals surface area contributed by atoms with Crippen molar-refractivity contribution in [1.29, 1.82) is 0 Å². The van der Waals surface area contributed by atoms with Gasteiger partial charge < -0.3 is 4.52 Å². The molecule has 104 valence electrons. The lowest BCUT2D eigenvalue weighted by Crippen LogP contribution is -2.09. The van der Waals surface area contributed by atoms with Gasteiger partial charge in [0.15, 0.2) is 11.6 Å². The predicted molar refractivity (Wildman–Crippen MR) is 80.4 cm³/mol. The standard InChI is InChI=1S/C13H11ClN2O2S2/c14-9-3-1-2-4-11(9)20-7-12-15-13(18-16-12)8-5-19-6-10(8)17/h1-4,8H,5-7H2. The Morgan fingerprint density at radius 2 is 2.30 bits per heavy atom. The number of halogens is 1. The van der Waals surface area contributed by atoms with E-state index in [0.717, 1.165) is 10.6 Å². The number of rotatable bonds is 4. The van der Waals surface area contributed by atoms with Crippen LogP contribution >= 0.6 is 35.1 Å². The molecule has 0 radical (unpaired) electrons. The van der Waals surface area contributed by atoms with E-state index in [-0.39, 0.29) is 11.7 Å². The summed E-state index contributed by atoms with van der Waals surface area (Å²) in [5, 5.41) is 4.64. The minimum atomic E-state index is -0.230. The number of nitrogens with zero attached hydrogens (tertiary/aromatic N) is 2. The lowest BCUT2D eigenvalue weighted by molar-refractivity contribution is -0.117. The summed E-state index contributed by atoms with van der Waals surface area (Å²) in [6.45, 7) is 0. The molecule has 1 saturated heterocycles. The minimum absolute atomic E-state index is 0.170. The Bertz CT molecular complexity index is 632. The summed E-state index contributed by atoms with van der Waals surface area (Å²) in [7, 11) is 0. The van der Waals surface area contributed by atoms with Crippen molar-refractivity contribution in [3.05, 3.63) is 41.0 Å². The van der Waals surface area contributed by atoms with Crippen LogP contribution in [0.4, 0.5) is 0 Å². The molecular weight excluding hydrogens is 316 g/mol. The van der Waals surface area contributed by atoms with Gasteiger partial charge in [0.05, 0.1) is 16.5 Å². The summed E-state index contributed by atoms with van der Waals surface area (Å²) >= 11 is 9.24. The molecule has 0 spiro atoms. The highest BCUT2D eigenvalue weighted by molar-refractivity contribution is 8.00. The Kier molecular flexibility index (Phi) is 4.33. The van der Waals surface area contributed by atoms with Crippen LogP contribution in [0, 0.1) is 0 Å². The maximum atomic E-state index is 11.6. The van der Waals surface area contributed by atoms with E-state index < -0.39 is 0 Å². The third-order valence-electron chi connectivity index (χ3n) is 2.89. The predicted octanol–water partition coefficient (Wildman–Crippen LogP) is 3.41. The number of hydrogen-bond donors (Lipinski definition) is 0. The van der Waals surface area contributed by atoms with Gasteiger partial charge in [-0.05, 0) is 12.1 Å². The molecule has 1 aliphatic rings. The normalized spacial score (nSPS) is 18.6. The molecule has 3 rings (SSSR count). The van der Waals surface area contributed by atoms with E-state index in [4.69, 9.17) is 16.1 Å². The molecule has 0 bridgehead atoms. The third-order valence-corrected chi connectivity index (χ3v) is 5.46. The Balaban J connectivity index is 1.66. The summed E-state index contributed by atoms with van der Waals surface area (Å²) < 4.78 is 5.20. The van der Waals surface area contributed by atoms with E-state index in [1.54, 1.807) is 23.5 Å². The first kappa shape index (κ1) is 14.0. The van der Waals surface area contributed by atoms with Crippen LogP contribution in [0.15, 0.2) is 33.7 Å². The lowest BCUT2D eigenvalue weighted by atomic mass is 10.1. The summed E-state index contributed by atoms with van der Waals surface area (Å²) in [6.07, 6.45) is 0. The zero-order valence-electron chi connectivity index (χ0n) is 10.4. The maximum absolute atomic E-state index is 11.6. The highest BCUT2D eigenvalue weighted by Gasteiger charge is 2.31. The van der Waals surface area contributed by atoms with Crippen LogP contribution in [-0.4, -0.2) is 27.4 Å². The Labute approximate surface area is 129 Å². The average Bonchev–Trinajstić information content (AvgIpc) is 3.06. The Morgan fingerprint density at radius 3 is 3.05 bits per heavy atom. The average molecular weight is 327 g/mol. The molecule has 1 atom stereocenters. The molecule has 0 amide bonds. The summed E-state index contributed by atoms with van der Waals surface area (Å²) in [4.78, 5) is 16.9. The molecule has 1 fully saturated rings. The fourth-order valence-electron chi connectivity index (χ4n) is 1.85. The number of carbonyl (C=O) groups is 1. The largest absolute Gasteiger partial charge is 0.338 e. The SMILES string of the molecule is O=C1CSCC1c1nc(CSc2ccccc2Cl)no1. The zero-order chi connectivity index (χ0) is 13.9.